The van der Waals surface area contributed by atoms with Crippen LogP contribution in [0.1, 0.15) is 45.7 Å². The maximum atomic E-state index is 12.5. The zero-order valence-corrected chi connectivity index (χ0v) is 15.7. The fourth-order valence-corrected chi connectivity index (χ4v) is 2.83. The first kappa shape index (κ1) is 19.0. The lowest BCUT2D eigenvalue weighted by Gasteiger charge is -2.12. The summed E-state index contributed by atoms with van der Waals surface area (Å²) in [6, 6.07) is 10.4. The number of carbonyl (C=O) groups excluding carboxylic acids is 2. The van der Waals surface area contributed by atoms with Crippen LogP contribution in [0.3, 0.4) is 0 Å². The fraction of sp³-hybridized carbons (Fsp3) is 0.300. The lowest BCUT2D eigenvalue weighted by Crippen LogP contribution is -2.27. The van der Waals surface area contributed by atoms with Crippen molar-refractivity contribution in [3.8, 4) is 0 Å². The van der Waals surface area contributed by atoms with Gasteiger partial charge in [0, 0.05) is 17.7 Å². The van der Waals surface area contributed by atoms with Gasteiger partial charge in [-0.25, -0.2) is 0 Å². The van der Waals surface area contributed by atoms with Crippen LogP contribution in [-0.2, 0) is 0 Å². The van der Waals surface area contributed by atoms with Crippen LogP contribution in [0.4, 0.5) is 5.69 Å². The average Bonchev–Trinajstić information content (AvgIpc) is 2.55. The third kappa shape index (κ3) is 5.07. The molecule has 0 bridgehead atoms. The molecule has 132 valence electrons. The molecule has 5 heteroatoms. The van der Waals surface area contributed by atoms with Crippen molar-refractivity contribution in [3.05, 3.63) is 63.7 Å². The van der Waals surface area contributed by atoms with Gasteiger partial charge in [-0.1, -0.05) is 37.6 Å². The number of amides is 2. The highest BCUT2D eigenvalue weighted by molar-refractivity contribution is 6.34. The summed E-state index contributed by atoms with van der Waals surface area (Å²) < 4.78 is 0. The number of rotatable bonds is 5. The molecule has 0 aliphatic carbocycles. The second-order valence-electron chi connectivity index (χ2n) is 6.58. The second-order valence-corrected chi connectivity index (χ2v) is 6.98. The molecule has 2 rings (SSSR count). The van der Waals surface area contributed by atoms with Gasteiger partial charge in [0.25, 0.3) is 11.8 Å². The smallest absolute Gasteiger partial charge is 0.255 e. The molecule has 0 heterocycles. The van der Waals surface area contributed by atoms with Gasteiger partial charge < -0.3 is 10.6 Å². The van der Waals surface area contributed by atoms with Gasteiger partial charge in [-0.05, 0) is 55.2 Å². The molecule has 0 atom stereocenters. The molecule has 2 N–H and O–H groups in total. The van der Waals surface area contributed by atoms with Gasteiger partial charge in [0.05, 0.1) is 10.7 Å². The largest absolute Gasteiger partial charge is 0.352 e. The highest BCUT2D eigenvalue weighted by Gasteiger charge is 2.13. The predicted molar refractivity (Wildman–Crippen MR) is 102 cm³/mol. The zero-order chi connectivity index (χ0) is 18.6. The van der Waals surface area contributed by atoms with Crippen LogP contribution in [0, 0.1) is 19.8 Å². The maximum Gasteiger partial charge on any atom is 0.255 e. The van der Waals surface area contributed by atoms with E-state index in [2.05, 4.69) is 10.6 Å². The van der Waals surface area contributed by atoms with E-state index in [4.69, 9.17) is 11.6 Å². The van der Waals surface area contributed by atoms with Crippen LogP contribution in [0.25, 0.3) is 0 Å². The second kappa shape index (κ2) is 8.17. The highest BCUT2D eigenvalue weighted by Crippen LogP contribution is 2.27. The van der Waals surface area contributed by atoms with Gasteiger partial charge in [-0.3, -0.25) is 9.59 Å². The molecule has 0 aliphatic rings. The van der Waals surface area contributed by atoms with Crippen LogP contribution in [-0.4, -0.2) is 18.4 Å². The molecule has 0 radical (unpaired) electrons. The Morgan fingerprint density at radius 1 is 1.04 bits per heavy atom. The van der Waals surface area contributed by atoms with Crippen LogP contribution in [0.5, 0.6) is 0 Å². The van der Waals surface area contributed by atoms with E-state index in [1.807, 2.05) is 33.8 Å². The maximum absolute atomic E-state index is 12.5. The summed E-state index contributed by atoms with van der Waals surface area (Å²) in [5, 5.41) is 6.18. The molecule has 2 amide bonds. The van der Waals surface area contributed by atoms with E-state index in [1.165, 1.54) is 0 Å². The number of hydrogen-bond donors (Lipinski definition) is 2. The van der Waals surface area contributed by atoms with Gasteiger partial charge in [-0.15, -0.1) is 0 Å². The molecule has 0 aliphatic heterocycles. The standard InChI is InChI=1S/C20H23ClN2O2/c1-12(2)11-22-19(24)15-6-5-7-16(10-15)20(25)23-18-14(4)8-13(3)9-17(18)21/h5-10,12H,11H2,1-4H3,(H,22,24)(H,23,25). The number of hydrogen-bond acceptors (Lipinski definition) is 2. The lowest BCUT2D eigenvalue weighted by molar-refractivity contribution is 0.0949. The van der Waals surface area contributed by atoms with E-state index in [-0.39, 0.29) is 11.8 Å². The van der Waals surface area contributed by atoms with E-state index in [9.17, 15) is 9.59 Å². The molecule has 0 fully saturated rings. The first-order valence-corrected chi connectivity index (χ1v) is 8.62. The molecule has 0 aromatic heterocycles. The molecular formula is C20H23ClN2O2. The summed E-state index contributed by atoms with van der Waals surface area (Å²) in [6.07, 6.45) is 0. The van der Waals surface area contributed by atoms with Crippen molar-refractivity contribution < 1.29 is 9.59 Å². The Labute approximate surface area is 153 Å². The van der Waals surface area contributed by atoms with Crippen molar-refractivity contribution >= 4 is 29.1 Å². The van der Waals surface area contributed by atoms with E-state index in [0.717, 1.165) is 11.1 Å². The van der Waals surface area contributed by atoms with Gasteiger partial charge in [0.1, 0.15) is 0 Å². The molecule has 4 nitrogen and oxygen atoms in total. The summed E-state index contributed by atoms with van der Waals surface area (Å²) >= 11 is 6.24. The zero-order valence-electron chi connectivity index (χ0n) is 14.9. The monoisotopic (exact) mass is 358 g/mol. The van der Waals surface area contributed by atoms with E-state index in [1.54, 1.807) is 30.3 Å². The van der Waals surface area contributed by atoms with Crippen molar-refractivity contribution in [2.45, 2.75) is 27.7 Å². The number of carbonyl (C=O) groups is 2. The lowest BCUT2D eigenvalue weighted by atomic mass is 10.1. The Bertz CT molecular complexity index is 777. The van der Waals surface area contributed by atoms with Crippen molar-refractivity contribution in [2.24, 2.45) is 5.92 Å². The highest BCUT2D eigenvalue weighted by atomic mass is 35.5. The van der Waals surface area contributed by atoms with Crippen molar-refractivity contribution in [1.29, 1.82) is 0 Å². The van der Waals surface area contributed by atoms with E-state index in [0.29, 0.717) is 34.3 Å². The molecule has 25 heavy (non-hydrogen) atoms. The third-order valence-corrected chi connectivity index (χ3v) is 4.03. The Hall–Kier alpha value is -2.33. The fourth-order valence-electron chi connectivity index (χ4n) is 2.46. The Morgan fingerprint density at radius 3 is 2.28 bits per heavy atom. The summed E-state index contributed by atoms with van der Waals surface area (Å²) in [6.45, 7) is 8.48. The minimum atomic E-state index is -0.299. The summed E-state index contributed by atoms with van der Waals surface area (Å²) in [5.41, 5.74) is 3.38. The minimum absolute atomic E-state index is 0.187. The molecule has 2 aromatic carbocycles. The number of halogens is 1. The molecule has 0 unspecified atom stereocenters. The van der Waals surface area contributed by atoms with Crippen molar-refractivity contribution in [2.75, 3.05) is 11.9 Å². The summed E-state index contributed by atoms with van der Waals surface area (Å²) in [7, 11) is 0. The summed E-state index contributed by atoms with van der Waals surface area (Å²) in [5.74, 6) is -0.123. The van der Waals surface area contributed by atoms with Gasteiger partial charge in [0.2, 0.25) is 0 Å². The molecule has 0 spiro atoms. The van der Waals surface area contributed by atoms with Crippen LogP contribution in [0.2, 0.25) is 5.02 Å². The Balaban J connectivity index is 2.18. The molecular weight excluding hydrogens is 336 g/mol. The van der Waals surface area contributed by atoms with E-state index >= 15 is 0 Å². The normalized spacial score (nSPS) is 10.6. The third-order valence-electron chi connectivity index (χ3n) is 3.73. The first-order chi connectivity index (χ1) is 11.8. The average molecular weight is 359 g/mol. The number of aryl methyl sites for hydroxylation is 2. The van der Waals surface area contributed by atoms with Crippen LogP contribution < -0.4 is 10.6 Å². The quantitative estimate of drug-likeness (QED) is 0.820. The van der Waals surface area contributed by atoms with Crippen molar-refractivity contribution in [3.63, 3.8) is 0 Å². The predicted octanol–water partition coefficient (Wildman–Crippen LogP) is 4.59. The van der Waals surface area contributed by atoms with Gasteiger partial charge >= 0.3 is 0 Å². The van der Waals surface area contributed by atoms with Crippen molar-refractivity contribution in [1.82, 2.24) is 5.32 Å². The SMILES string of the molecule is Cc1cc(C)c(NC(=O)c2cccc(C(=O)NCC(C)C)c2)c(Cl)c1. The van der Waals surface area contributed by atoms with Crippen LogP contribution >= 0.6 is 11.6 Å². The molecule has 0 saturated carbocycles. The van der Waals surface area contributed by atoms with Crippen LogP contribution in [0.15, 0.2) is 36.4 Å². The number of benzene rings is 2. The van der Waals surface area contributed by atoms with Gasteiger partial charge in [0.15, 0.2) is 0 Å². The topological polar surface area (TPSA) is 58.2 Å². The Morgan fingerprint density at radius 2 is 1.68 bits per heavy atom. The minimum Gasteiger partial charge on any atom is -0.352 e. The molecule has 0 saturated heterocycles. The Kier molecular flexibility index (Phi) is 6.21. The summed E-state index contributed by atoms with van der Waals surface area (Å²) in [4.78, 5) is 24.7. The van der Waals surface area contributed by atoms with E-state index < -0.39 is 0 Å². The van der Waals surface area contributed by atoms with Gasteiger partial charge in [-0.2, -0.15) is 0 Å². The number of nitrogens with one attached hydrogen (secondary N) is 2. The first-order valence-electron chi connectivity index (χ1n) is 8.24. The number of anilines is 1. The molecule has 2 aromatic rings.